The number of aryl methyl sites for hydroxylation is 1. The van der Waals surface area contributed by atoms with Crippen LogP contribution in [0.4, 0.5) is 11.4 Å². The van der Waals surface area contributed by atoms with Gasteiger partial charge in [-0.1, -0.05) is 18.9 Å². The summed E-state index contributed by atoms with van der Waals surface area (Å²) in [7, 11) is 0. The Morgan fingerprint density at radius 2 is 2.10 bits per heavy atom. The normalized spacial score (nSPS) is 16.7. The first kappa shape index (κ1) is 15.8. The summed E-state index contributed by atoms with van der Waals surface area (Å²) in [6.07, 6.45) is 3.44. The van der Waals surface area contributed by atoms with Crippen molar-refractivity contribution in [2.24, 2.45) is 5.92 Å². The maximum absolute atomic E-state index is 12.1. The summed E-state index contributed by atoms with van der Waals surface area (Å²) in [5.41, 5.74) is 2.64. The molecule has 0 radical (unpaired) electrons. The topological polar surface area (TPSA) is 81.6 Å². The van der Waals surface area contributed by atoms with Gasteiger partial charge in [0.05, 0.1) is 12.7 Å². The minimum Gasteiger partial charge on any atom is -0.394 e. The molecule has 0 aliphatic heterocycles. The van der Waals surface area contributed by atoms with Crippen molar-refractivity contribution in [3.8, 4) is 0 Å². The Labute approximate surface area is 125 Å². The summed E-state index contributed by atoms with van der Waals surface area (Å²) in [6, 6.07) is 5.68. The second kappa shape index (κ2) is 7.43. The molecule has 1 amide bonds. The van der Waals surface area contributed by atoms with Gasteiger partial charge in [-0.05, 0) is 37.5 Å². The van der Waals surface area contributed by atoms with E-state index in [1.165, 1.54) is 0 Å². The van der Waals surface area contributed by atoms with Crippen LogP contribution in [-0.4, -0.2) is 35.4 Å². The fourth-order valence-electron chi connectivity index (χ4n) is 2.61. The van der Waals surface area contributed by atoms with Gasteiger partial charge in [-0.3, -0.25) is 4.79 Å². The molecule has 0 bridgehead atoms. The summed E-state index contributed by atoms with van der Waals surface area (Å²) in [6.45, 7) is 1.96. The molecule has 0 heterocycles. The molecule has 2 rings (SSSR count). The molecule has 5 heteroatoms. The number of amides is 1. The largest absolute Gasteiger partial charge is 0.394 e. The van der Waals surface area contributed by atoms with Gasteiger partial charge in [-0.15, -0.1) is 0 Å². The maximum Gasteiger partial charge on any atom is 0.227 e. The van der Waals surface area contributed by atoms with E-state index >= 15 is 0 Å². The van der Waals surface area contributed by atoms with Gasteiger partial charge >= 0.3 is 0 Å². The quantitative estimate of drug-likeness (QED) is 0.645. The summed E-state index contributed by atoms with van der Waals surface area (Å²) in [4.78, 5) is 12.1. The van der Waals surface area contributed by atoms with Crippen molar-refractivity contribution in [3.63, 3.8) is 0 Å². The Balaban J connectivity index is 1.98. The van der Waals surface area contributed by atoms with E-state index in [4.69, 9.17) is 5.11 Å². The number of carbonyl (C=O) groups is 1. The first-order valence-electron chi connectivity index (χ1n) is 7.54. The first-order valence-corrected chi connectivity index (χ1v) is 7.54. The molecular weight excluding hydrogens is 268 g/mol. The van der Waals surface area contributed by atoms with Gasteiger partial charge in [0.25, 0.3) is 0 Å². The highest BCUT2D eigenvalue weighted by molar-refractivity contribution is 5.93. The maximum atomic E-state index is 12.1. The van der Waals surface area contributed by atoms with Gasteiger partial charge in [0.2, 0.25) is 5.91 Å². The van der Waals surface area contributed by atoms with Crippen LogP contribution in [0.15, 0.2) is 18.2 Å². The fourth-order valence-corrected chi connectivity index (χ4v) is 2.61. The molecule has 0 aromatic heterocycles. The van der Waals surface area contributed by atoms with Crippen molar-refractivity contribution < 1.29 is 15.0 Å². The van der Waals surface area contributed by atoms with E-state index < -0.39 is 6.10 Å². The number of rotatable bonds is 6. The highest BCUT2D eigenvalue weighted by Crippen LogP contribution is 2.27. The molecule has 1 fully saturated rings. The molecule has 1 unspecified atom stereocenters. The van der Waals surface area contributed by atoms with E-state index in [0.29, 0.717) is 0 Å². The average Bonchev–Trinajstić information content (AvgIpc) is 3.01. The second-order valence-electron chi connectivity index (χ2n) is 5.72. The van der Waals surface area contributed by atoms with E-state index in [9.17, 15) is 9.90 Å². The summed E-state index contributed by atoms with van der Waals surface area (Å²) < 4.78 is 0. The molecule has 4 N–H and O–H groups in total. The number of hydrogen-bond acceptors (Lipinski definition) is 4. The number of anilines is 2. The molecule has 0 spiro atoms. The number of carbonyl (C=O) groups excluding carboxylic acids is 1. The summed E-state index contributed by atoms with van der Waals surface area (Å²) >= 11 is 0. The second-order valence-corrected chi connectivity index (χ2v) is 5.72. The molecule has 116 valence electrons. The van der Waals surface area contributed by atoms with Crippen molar-refractivity contribution >= 4 is 17.3 Å². The van der Waals surface area contributed by atoms with E-state index in [1.807, 2.05) is 25.1 Å². The molecule has 0 saturated heterocycles. The van der Waals surface area contributed by atoms with Crippen LogP contribution in [0.25, 0.3) is 0 Å². The molecule has 5 nitrogen and oxygen atoms in total. The van der Waals surface area contributed by atoms with Crippen molar-refractivity contribution in [2.45, 2.75) is 38.7 Å². The average molecular weight is 292 g/mol. The van der Waals surface area contributed by atoms with E-state index in [1.54, 1.807) is 0 Å². The number of hydrogen-bond donors (Lipinski definition) is 4. The van der Waals surface area contributed by atoms with Gasteiger partial charge in [0.1, 0.15) is 0 Å². The zero-order valence-corrected chi connectivity index (χ0v) is 12.4. The Hall–Kier alpha value is -1.59. The van der Waals surface area contributed by atoms with Crippen LogP contribution in [0.5, 0.6) is 0 Å². The first-order chi connectivity index (χ1) is 10.1. The number of benzene rings is 1. The van der Waals surface area contributed by atoms with Gasteiger partial charge in [-0.2, -0.15) is 0 Å². The third-order valence-corrected chi connectivity index (χ3v) is 3.97. The summed E-state index contributed by atoms with van der Waals surface area (Å²) in [5, 5.41) is 24.3. The molecule has 1 aliphatic rings. The van der Waals surface area contributed by atoms with Crippen LogP contribution in [-0.2, 0) is 4.79 Å². The van der Waals surface area contributed by atoms with Crippen LogP contribution >= 0.6 is 0 Å². The van der Waals surface area contributed by atoms with E-state index in [0.717, 1.165) is 42.6 Å². The molecular formula is C16H24N2O3. The Bertz CT molecular complexity index is 484. The lowest BCUT2D eigenvalue weighted by Crippen LogP contribution is -2.23. The zero-order valence-electron chi connectivity index (χ0n) is 12.4. The highest BCUT2D eigenvalue weighted by Gasteiger charge is 2.22. The number of aliphatic hydroxyl groups is 2. The van der Waals surface area contributed by atoms with Crippen LogP contribution in [0.3, 0.4) is 0 Å². The lowest BCUT2D eigenvalue weighted by atomic mass is 10.1. The molecule has 1 aromatic carbocycles. The van der Waals surface area contributed by atoms with E-state index in [-0.39, 0.29) is 25.0 Å². The highest BCUT2D eigenvalue weighted by atomic mass is 16.3. The van der Waals surface area contributed by atoms with Gasteiger partial charge in [0.15, 0.2) is 0 Å². The van der Waals surface area contributed by atoms with Gasteiger partial charge in [0, 0.05) is 23.8 Å². The van der Waals surface area contributed by atoms with Crippen LogP contribution in [0.2, 0.25) is 0 Å². The number of aliphatic hydroxyl groups excluding tert-OH is 2. The molecule has 1 saturated carbocycles. The molecule has 1 aromatic rings. The fraction of sp³-hybridized carbons (Fsp3) is 0.562. The van der Waals surface area contributed by atoms with E-state index in [2.05, 4.69) is 10.6 Å². The van der Waals surface area contributed by atoms with Gasteiger partial charge < -0.3 is 20.8 Å². The Morgan fingerprint density at radius 3 is 2.76 bits per heavy atom. The monoisotopic (exact) mass is 292 g/mol. The molecule has 1 atom stereocenters. The van der Waals surface area contributed by atoms with Crippen molar-refractivity contribution in [1.82, 2.24) is 0 Å². The zero-order chi connectivity index (χ0) is 15.2. The Morgan fingerprint density at radius 1 is 1.38 bits per heavy atom. The number of nitrogens with one attached hydrogen (secondary N) is 2. The van der Waals surface area contributed by atoms with Crippen molar-refractivity contribution in [1.29, 1.82) is 0 Å². The predicted molar refractivity (Wildman–Crippen MR) is 83.3 cm³/mol. The standard InChI is InChI=1S/C16H24N2O3/c1-11-6-7-13(8-15(11)17-9-14(20)10-19)18-16(21)12-4-2-3-5-12/h6-8,12,14,17,19-20H,2-5,9-10H2,1H3,(H,18,21). The smallest absolute Gasteiger partial charge is 0.227 e. The van der Waals surface area contributed by atoms with Gasteiger partial charge in [-0.25, -0.2) is 0 Å². The SMILES string of the molecule is Cc1ccc(NC(=O)C2CCCC2)cc1NCC(O)CO. The predicted octanol–water partition coefficient (Wildman–Crippen LogP) is 1.89. The third-order valence-electron chi connectivity index (χ3n) is 3.97. The van der Waals surface area contributed by atoms with Crippen molar-refractivity contribution in [3.05, 3.63) is 23.8 Å². The lowest BCUT2D eigenvalue weighted by molar-refractivity contribution is -0.119. The van der Waals surface area contributed by atoms with Crippen molar-refractivity contribution in [2.75, 3.05) is 23.8 Å². The third kappa shape index (κ3) is 4.44. The van der Waals surface area contributed by atoms with Crippen LogP contribution in [0, 0.1) is 12.8 Å². The summed E-state index contributed by atoms with van der Waals surface area (Å²) in [5.74, 6) is 0.233. The minimum absolute atomic E-state index is 0.0951. The molecule has 1 aliphatic carbocycles. The lowest BCUT2D eigenvalue weighted by Gasteiger charge is -2.15. The molecule has 21 heavy (non-hydrogen) atoms. The minimum atomic E-state index is -0.791. The van der Waals surface area contributed by atoms with Crippen LogP contribution in [0.1, 0.15) is 31.2 Å². The van der Waals surface area contributed by atoms with Crippen LogP contribution < -0.4 is 10.6 Å². The Kier molecular flexibility index (Phi) is 5.59.